The van der Waals surface area contributed by atoms with Crippen molar-refractivity contribution in [2.24, 2.45) is 5.92 Å². The second-order valence-corrected chi connectivity index (χ2v) is 5.05. The zero-order chi connectivity index (χ0) is 11.6. The Morgan fingerprint density at radius 1 is 1.19 bits per heavy atom. The molecule has 0 bridgehead atoms. The van der Waals surface area contributed by atoms with E-state index < -0.39 is 0 Å². The molecule has 0 aromatic heterocycles. The van der Waals surface area contributed by atoms with Gasteiger partial charge in [-0.05, 0) is 38.1 Å². The van der Waals surface area contributed by atoms with Crippen LogP contribution >= 0.6 is 0 Å². The number of methoxy groups -OCH3 is 1. The van der Waals surface area contributed by atoms with E-state index in [4.69, 9.17) is 4.74 Å². The Labute approximate surface area is 101 Å². The Hall–Kier alpha value is -0.0800. The molecule has 2 nitrogen and oxygen atoms in total. The lowest BCUT2D eigenvalue weighted by atomic mass is 9.93. The van der Waals surface area contributed by atoms with Crippen LogP contribution < -0.4 is 5.32 Å². The smallest absolute Gasteiger partial charge is 0.0462 e. The molecule has 0 spiro atoms. The van der Waals surface area contributed by atoms with Gasteiger partial charge in [0.15, 0.2) is 0 Å². The molecule has 2 heteroatoms. The van der Waals surface area contributed by atoms with E-state index in [9.17, 15) is 0 Å². The molecule has 0 amide bonds. The van der Waals surface area contributed by atoms with Crippen LogP contribution in [0, 0.1) is 5.92 Å². The monoisotopic (exact) mass is 227 g/mol. The fourth-order valence-corrected chi connectivity index (χ4v) is 2.91. The standard InChI is InChI=1S/C14H29NO/c1-3-15-14(13-9-6-7-10-13)11-5-4-8-12-16-2/h13-15H,3-12H2,1-2H3. The summed E-state index contributed by atoms with van der Waals surface area (Å²) < 4.78 is 5.08. The maximum absolute atomic E-state index is 5.08. The fourth-order valence-electron chi connectivity index (χ4n) is 2.91. The molecule has 1 saturated carbocycles. The summed E-state index contributed by atoms with van der Waals surface area (Å²) in [4.78, 5) is 0. The number of ether oxygens (including phenoxy) is 1. The fraction of sp³-hybridized carbons (Fsp3) is 1.00. The van der Waals surface area contributed by atoms with Crippen molar-refractivity contribution in [3.8, 4) is 0 Å². The largest absolute Gasteiger partial charge is 0.385 e. The summed E-state index contributed by atoms with van der Waals surface area (Å²) in [7, 11) is 1.79. The highest BCUT2D eigenvalue weighted by Gasteiger charge is 2.23. The molecule has 16 heavy (non-hydrogen) atoms. The summed E-state index contributed by atoms with van der Waals surface area (Å²) >= 11 is 0. The van der Waals surface area contributed by atoms with Gasteiger partial charge in [0, 0.05) is 19.8 Å². The zero-order valence-electron chi connectivity index (χ0n) is 11.1. The van der Waals surface area contributed by atoms with E-state index >= 15 is 0 Å². The molecule has 0 aromatic rings. The second kappa shape index (κ2) is 9.00. The minimum Gasteiger partial charge on any atom is -0.385 e. The van der Waals surface area contributed by atoms with Gasteiger partial charge in [0.05, 0.1) is 0 Å². The van der Waals surface area contributed by atoms with Crippen LogP contribution in [0.15, 0.2) is 0 Å². The minimum atomic E-state index is 0.787. The van der Waals surface area contributed by atoms with Gasteiger partial charge in [-0.25, -0.2) is 0 Å². The van der Waals surface area contributed by atoms with Crippen molar-refractivity contribution in [1.82, 2.24) is 5.32 Å². The van der Waals surface area contributed by atoms with Crippen LogP contribution in [-0.2, 0) is 4.74 Å². The van der Waals surface area contributed by atoms with Crippen LogP contribution in [0.4, 0.5) is 0 Å². The first-order valence-corrected chi connectivity index (χ1v) is 7.10. The van der Waals surface area contributed by atoms with E-state index in [0.29, 0.717) is 0 Å². The minimum absolute atomic E-state index is 0.787. The van der Waals surface area contributed by atoms with Gasteiger partial charge in [-0.2, -0.15) is 0 Å². The molecule has 1 aliphatic rings. The average molecular weight is 227 g/mol. The average Bonchev–Trinajstić information content (AvgIpc) is 2.81. The van der Waals surface area contributed by atoms with E-state index in [0.717, 1.165) is 25.1 Å². The highest BCUT2D eigenvalue weighted by atomic mass is 16.5. The van der Waals surface area contributed by atoms with Gasteiger partial charge in [-0.1, -0.05) is 32.6 Å². The zero-order valence-corrected chi connectivity index (χ0v) is 11.1. The Bertz CT molecular complexity index is 155. The number of rotatable bonds is 9. The predicted octanol–water partition coefficient (Wildman–Crippen LogP) is 3.36. The van der Waals surface area contributed by atoms with Crippen LogP contribution in [0.3, 0.4) is 0 Å². The topological polar surface area (TPSA) is 21.3 Å². The third kappa shape index (κ3) is 5.31. The molecule has 1 N–H and O–H groups in total. The number of hydrogen-bond donors (Lipinski definition) is 1. The van der Waals surface area contributed by atoms with Crippen LogP contribution in [0.25, 0.3) is 0 Å². The number of unbranched alkanes of at least 4 members (excludes halogenated alkanes) is 2. The normalized spacial score (nSPS) is 19.1. The Morgan fingerprint density at radius 2 is 1.94 bits per heavy atom. The summed E-state index contributed by atoms with van der Waals surface area (Å²) in [5.41, 5.74) is 0. The van der Waals surface area contributed by atoms with Gasteiger partial charge in [-0.3, -0.25) is 0 Å². The summed E-state index contributed by atoms with van der Waals surface area (Å²) in [6.45, 7) is 4.28. The second-order valence-electron chi connectivity index (χ2n) is 5.05. The van der Waals surface area contributed by atoms with Crippen LogP contribution in [0.2, 0.25) is 0 Å². The van der Waals surface area contributed by atoms with Gasteiger partial charge in [0.1, 0.15) is 0 Å². The first kappa shape index (κ1) is 14.0. The van der Waals surface area contributed by atoms with E-state index in [1.54, 1.807) is 7.11 Å². The third-order valence-electron chi connectivity index (χ3n) is 3.80. The lowest BCUT2D eigenvalue weighted by Crippen LogP contribution is -2.34. The molecular formula is C14H29NO. The molecule has 1 unspecified atom stereocenters. The molecule has 1 atom stereocenters. The molecule has 1 rings (SSSR count). The van der Waals surface area contributed by atoms with Gasteiger partial charge in [0.2, 0.25) is 0 Å². The van der Waals surface area contributed by atoms with E-state index in [1.807, 2.05) is 0 Å². The highest BCUT2D eigenvalue weighted by molar-refractivity contribution is 4.80. The summed E-state index contributed by atoms with van der Waals surface area (Å²) in [5, 5.41) is 3.68. The molecule has 0 aromatic carbocycles. The Kier molecular flexibility index (Phi) is 7.87. The van der Waals surface area contributed by atoms with Crippen LogP contribution in [0.5, 0.6) is 0 Å². The molecule has 96 valence electrons. The van der Waals surface area contributed by atoms with Gasteiger partial charge in [-0.15, -0.1) is 0 Å². The lowest BCUT2D eigenvalue weighted by Gasteiger charge is -2.24. The molecular weight excluding hydrogens is 198 g/mol. The first-order chi connectivity index (χ1) is 7.88. The molecule has 1 fully saturated rings. The van der Waals surface area contributed by atoms with Crippen molar-refractivity contribution >= 4 is 0 Å². The van der Waals surface area contributed by atoms with Gasteiger partial charge in [0.25, 0.3) is 0 Å². The van der Waals surface area contributed by atoms with Crippen molar-refractivity contribution in [2.45, 2.75) is 64.3 Å². The quantitative estimate of drug-likeness (QED) is 0.610. The highest BCUT2D eigenvalue weighted by Crippen LogP contribution is 2.29. The maximum Gasteiger partial charge on any atom is 0.0462 e. The molecule has 0 saturated heterocycles. The van der Waals surface area contributed by atoms with Crippen molar-refractivity contribution < 1.29 is 4.74 Å². The summed E-state index contributed by atoms with van der Waals surface area (Å²) in [6.07, 6.45) is 11.1. The predicted molar refractivity (Wildman–Crippen MR) is 69.8 cm³/mol. The Morgan fingerprint density at radius 3 is 2.56 bits per heavy atom. The third-order valence-corrected chi connectivity index (χ3v) is 3.80. The van der Waals surface area contributed by atoms with Crippen molar-refractivity contribution in [1.29, 1.82) is 0 Å². The lowest BCUT2D eigenvalue weighted by molar-refractivity contribution is 0.191. The molecule has 1 aliphatic carbocycles. The SMILES string of the molecule is CCNC(CCCCCOC)C1CCCC1. The molecule has 0 radical (unpaired) electrons. The summed E-state index contributed by atoms with van der Waals surface area (Å²) in [6, 6.07) is 0.787. The number of nitrogens with one attached hydrogen (secondary N) is 1. The van der Waals surface area contributed by atoms with Gasteiger partial charge >= 0.3 is 0 Å². The molecule has 0 heterocycles. The Balaban J connectivity index is 2.12. The first-order valence-electron chi connectivity index (χ1n) is 7.10. The van der Waals surface area contributed by atoms with Crippen molar-refractivity contribution in [3.05, 3.63) is 0 Å². The maximum atomic E-state index is 5.08. The number of hydrogen-bond acceptors (Lipinski definition) is 2. The van der Waals surface area contributed by atoms with Crippen molar-refractivity contribution in [3.63, 3.8) is 0 Å². The van der Waals surface area contributed by atoms with Crippen molar-refractivity contribution in [2.75, 3.05) is 20.3 Å². The van der Waals surface area contributed by atoms with E-state index in [2.05, 4.69) is 12.2 Å². The van der Waals surface area contributed by atoms with Crippen LogP contribution in [-0.4, -0.2) is 26.3 Å². The molecule has 0 aliphatic heterocycles. The summed E-state index contributed by atoms with van der Waals surface area (Å²) in [5.74, 6) is 0.961. The van der Waals surface area contributed by atoms with E-state index in [-0.39, 0.29) is 0 Å². The van der Waals surface area contributed by atoms with Gasteiger partial charge < -0.3 is 10.1 Å². The van der Waals surface area contributed by atoms with Crippen LogP contribution in [0.1, 0.15) is 58.3 Å². The van der Waals surface area contributed by atoms with E-state index in [1.165, 1.54) is 51.4 Å².